The van der Waals surface area contributed by atoms with Gasteiger partial charge >= 0.3 is 0 Å². The fourth-order valence-electron chi connectivity index (χ4n) is 3.70. The van der Waals surface area contributed by atoms with E-state index >= 15 is 0 Å². The van der Waals surface area contributed by atoms with Gasteiger partial charge in [0.15, 0.2) is 0 Å². The molecule has 0 spiro atoms. The zero-order valence-corrected chi connectivity index (χ0v) is 14.7. The van der Waals surface area contributed by atoms with Gasteiger partial charge in [0.25, 0.3) is 0 Å². The van der Waals surface area contributed by atoms with Crippen molar-refractivity contribution >= 4 is 0 Å². The van der Waals surface area contributed by atoms with Gasteiger partial charge in [-0.25, -0.2) is 4.39 Å². The molecule has 0 amide bonds. The molecule has 0 N–H and O–H groups in total. The Balaban J connectivity index is 1.54. The highest BCUT2D eigenvalue weighted by Gasteiger charge is 2.24. The zero-order valence-electron chi connectivity index (χ0n) is 14.7. The van der Waals surface area contributed by atoms with Crippen molar-refractivity contribution in [1.29, 1.82) is 0 Å². The van der Waals surface area contributed by atoms with Crippen LogP contribution < -0.4 is 0 Å². The minimum atomic E-state index is -0.232. The second kappa shape index (κ2) is 7.75. The molecule has 132 valence electrons. The summed E-state index contributed by atoms with van der Waals surface area (Å²) < 4.78 is 13.4. The highest BCUT2D eigenvalue weighted by molar-refractivity contribution is 5.59. The number of pyridine rings is 2. The summed E-state index contributed by atoms with van der Waals surface area (Å²) in [6, 6.07) is 15.3. The fraction of sp³-hybridized carbons (Fsp3) is 0.273. The standard InChI is InChI=1S/C22H22FN3/c23-20-5-3-4-18(14-20)21-8-7-19(15-25-21)22-6-1-2-13-26(22)16-17-9-11-24-12-10-17/h3-5,7-12,14-15,22H,1-2,6,13,16H2. The second-order valence-corrected chi connectivity index (χ2v) is 6.82. The Morgan fingerprint density at radius 3 is 2.69 bits per heavy atom. The van der Waals surface area contributed by atoms with Crippen molar-refractivity contribution < 1.29 is 4.39 Å². The van der Waals surface area contributed by atoms with Crippen LogP contribution in [0, 0.1) is 5.82 Å². The molecular weight excluding hydrogens is 325 g/mol. The van der Waals surface area contributed by atoms with Gasteiger partial charge in [0.1, 0.15) is 5.82 Å². The first-order valence-electron chi connectivity index (χ1n) is 9.14. The van der Waals surface area contributed by atoms with E-state index in [1.54, 1.807) is 6.07 Å². The van der Waals surface area contributed by atoms with E-state index in [-0.39, 0.29) is 5.82 Å². The number of aromatic nitrogens is 2. The molecule has 3 nitrogen and oxygen atoms in total. The molecule has 0 radical (unpaired) electrons. The third kappa shape index (κ3) is 3.81. The summed E-state index contributed by atoms with van der Waals surface area (Å²) in [7, 11) is 0. The van der Waals surface area contributed by atoms with Gasteiger partial charge in [0, 0.05) is 36.7 Å². The van der Waals surface area contributed by atoms with E-state index < -0.39 is 0 Å². The van der Waals surface area contributed by atoms with Crippen molar-refractivity contribution in [3.63, 3.8) is 0 Å². The summed E-state index contributed by atoms with van der Waals surface area (Å²) in [6.45, 7) is 2.03. The van der Waals surface area contributed by atoms with Crippen molar-refractivity contribution in [1.82, 2.24) is 14.9 Å². The average molecular weight is 347 g/mol. The van der Waals surface area contributed by atoms with Crippen molar-refractivity contribution in [2.24, 2.45) is 0 Å². The summed E-state index contributed by atoms with van der Waals surface area (Å²) in [5.74, 6) is -0.232. The molecular formula is C22H22FN3. The maximum atomic E-state index is 13.4. The maximum absolute atomic E-state index is 13.4. The minimum Gasteiger partial charge on any atom is -0.292 e. The molecule has 1 atom stereocenters. The van der Waals surface area contributed by atoms with Crippen LogP contribution in [-0.4, -0.2) is 21.4 Å². The summed E-state index contributed by atoms with van der Waals surface area (Å²) in [4.78, 5) is 11.2. The highest BCUT2D eigenvalue weighted by Crippen LogP contribution is 2.32. The SMILES string of the molecule is Fc1cccc(-c2ccc(C3CCCCN3Cc3ccncc3)cn2)c1. The van der Waals surface area contributed by atoms with Crippen LogP contribution in [-0.2, 0) is 6.54 Å². The summed E-state index contributed by atoms with van der Waals surface area (Å²) >= 11 is 0. The third-order valence-corrected chi connectivity index (χ3v) is 5.04. The first-order valence-corrected chi connectivity index (χ1v) is 9.14. The van der Waals surface area contributed by atoms with Gasteiger partial charge in [0.2, 0.25) is 0 Å². The molecule has 4 heteroatoms. The smallest absolute Gasteiger partial charge is 0.123 e. The second-order valence-electron chi connectivity index (χ2n) is 6.82. The van der Waals surface area contributed by atoms with Gasteiger partial charge in [-0.15, -0.1) is 0 Å². The number of hydrogen-bond donors (Lipinski definition) is 0. The van der Waals surface area contributed by atoms with Crippen LogP contribution >= 0.6 is 0 Å². The van der Waals surface area contributed by atoms with Crippen molar-refractivity contribution in [3.05, 3.63) is 84.1 Å². The zero-order chi connectivity index (χ0) is 17.8. The predicted molar refractivity (Wildman–Crippen MR) is 101 cm³/mol. The molecule has 4 rings (SSSR count). The fourth-order valence-corrected chi connectivity index (χ4v) is 3.70. The lowest BCUT2D eigenvalue weighted by Crippen LogP contribution is -2.33. The molecule has 1 aliphatic rings. The van der Waals surface area contributed by atoms with E-state index in [1.807, 2.05) is 30.7 Å². The molecule has 1 saturated heterocycles. The lowest BCUT2D eigenvalue weighted by Gasteiger charge is -2.36. The Kier molecular flexibility index (Phi) is 5.02. The van der Waals surface area contributed by atoms with Crippen LogP contribution in [0.5, 0.6) is 0 Å². The van der Waals surface area contributed by atoms with Crippen molar-refractivity contribution in [2.75, 3.05) is 6.54 Å². The molecule has 0 saturated carbocycles. The van der Waals surface area contributed by atoms with E-state index in [4.69, 9.17) is 0 Å². The number of hydrogen-bond acceptors (Lipinski definition) is 3. The van der Waals surface area contributed by atoms with Crippen molar-refractivity contribution in [2.45, 2.75) is 31.8 Å². The highest BCUT2D eigenvalue weighted by atomic mass is 19.1. The van der Waals surface area contributed by atoms with Crippen LogP contribution in [0.25, 0.3) is 11.3 Å². The van der Waals surface area contributed by atoms with Crippen LogP contribution in [0.1, 0.15) is 36.4 Å². The Morgan fingerprint density at radius 1 is 1.04 bits per heavy atom. The van der Waals surface area contributed by atoms with Crippen LogP contribution in [0.2, 0.25) is 0 Å². The van der Waals surface area contributed by atoms with Gasteiger partial charge < -0.3 is 0 Å². The number of rotatable bonds is 4. The molecule has 1 aliphatic heterocycles. The van der Waals surface area contributed by atoms with Gasteiger partial charge in [-0.05, 0) is 60.8 Å². The number of nitrogens with zero attached hydrogens (tertiary/aromatic N) is 3. The lowest BCUT2D eigenvalue weighted by molar-refractivity contribution is 0.140. The lowest BCUT2D eigenvalue weighted by atomic mass is 9.95. The summed E-state index contributed by atoms with van der Waals surface area (Å²) in [5.41, 5.74) is 4.15. The van der Waals surface area contributed by atoms with Crippen LogP contribution in [0.4, 0.5) is 4.39 Å². The first kappa shape index (κ1) is 16.9. The summed E-state index contributed by atoms with van der Waals surface area (Å²) in [5, 5.41) is 0. The molecule has 0 bridgehead atoms. The Bertz CT molecular complexity index is 849. The Hall–Kier alpha value is -2.59. The normalized spacial score (nSPS) is 18.0. The molecule has 0 aliphatic carbocycles. The molecule has 1 unspecified atom stereocenters. The molecule has 2 aromatic heterocycles. The largest absolute Gasteiger partial charge is 0.292 e. The van der Waals surface area contributed by atoms with E-state index in [0.29, 0.717) is 6.04 Å². The third-order valence-electron chi connectivity index (χ3n) is 5.04. The quantitative estimate of drug-likeness (QED) is 0.664. The van der Waals surface area contributed by atoms with E-state index in [2.05, 4.69) is 33.1 Å². The molecule has 26 heavy (non-hydrogen) atoms. The van der Waals surface area contributed by atoms with Gasteiger partial charge in [0.05, 0.1) is 5.69 Å². The minimum absolute atomic E-state index is 0.232. The number of piperidine rings is 1. The Labute approximate surface area is 153 Å². The summed E-state index contributed by atoms with van der Waals surface area (Å²) in [6.07, 6.45) is 9.27. The van der Waals surface area contributed by atoms with E-state index in [9.17, 15) is 4.39 Å². The van der Waals surface area contributed by atoms with Gasteiger partial charge in [-0.1, -0.05) is 24.6 Å². The first-order chi connectivity index (χ1) is 12.8. The van der Waals surface area contributed by atoms with Crippen molar-refractivity contribution in [3.8, 4) is 11.3 Å². The van der Waals surface area contributed by atoms with Crippen LogP contribution in [0.15, 0.2) is 67.1 Å². The molecule has 1 aromatic carbocycles. The topological polar surface area (TPSA) is 29.0 Å². The van der Waals surface area contributed by atoms with Gasteiger partial charge in [-0.3, -0.25) is 14.9 Å². The van der Waals surface area contributed by atoms with Gasteiger partial charge in [-0.2, -0.15) is 0 Å². The monoisotopic (exact) mass is 347 g/mol. The van der Waals surface area contributed by atoms with E-state index in [0.717, 1.165) is 30.8 Å². The molecule has 1 fully saturated rings. The molecule has 3 heterocycles. The number of benzene rings is 1. The Morgan fingerprint density at radius 2 is 1.92 bits per heavy atom. The average Bonchev–Trinajstić information content (AvgIpc) is 2.69. The molecule has 3 aromatic rings. The van der Waals surface area contributed by atoms with Crippen LogP contribution in [0.3, 0.4) is 0 Å². The maximum Gasteiger partial charge on any atom is 0.123 e. The number of halogens is 1. The predicted octanol–water partition coefficient (Wildman–Crippen LogP) is 5.01. The van der Waals surface area contributed by atoms with E-state index in [1.165, 1.54) is 36.1 Å². The number of likely N-dealkylation sites (tertiary alicyclic amines) is 1.